The molecule has 2 aliphatic rings. The Labute approximate surface area is 133 Å². The lowest BCUT2D eigenvalue weighted by Gasteiger charge is -2.11. The first-order valence-corrected chi connectivity index (χ1v) is 7.90. The zero-order chi connectivity index (χ0) is 13.9. The minimum absolute atomic E-state index is 0. The van der Waals surface area contributed by atoms with Crippen molar-refractivity contribution in [1.82, 2.24) is 5.32 Å². The van der Waals surface area contributed by atoms with Gasteiger partial charge < -0.3 is 10.6 Å². The molecule has 2 fully saturated rings. The van der Waals surface area contributed by atoms with Gasteiger partial charge in [-0.05, 0) is 42.9 Å². The molecule has 116 valence electrons. The molecule has 0 radical (unpaired) electrons. The van der Waals surface area contributed by atoms with E-state index < -0.39 is 0 Å². The van der Waals surface area contributed by atoms with E-state index >= 15 is 0 Å². The number of carbonyl (C=O) groups is 1. The summed E-state index contributed by atoms with van der Waals surface area (Å²) < 4.78 is 0. The summed E-state index contributed by atoms with van der Waals surface area (Å²) in [4.78, 5) is 12.4. The molecule has 2 unspecified atom stereocenters. The molecule has 1 amide bonds. The molecule has 0 aromatic heterocycles. The van der Waals surface area contributed by atoms with Crippen LogP contribution >= 0.6 is 12.4 Å². The van der Waals surface area contributed by atoms with Gasteiger partial charge in [-0.15, -0.1) is 12.4 Å². The second-order valence-corrected chi connectivity index (χ2v) is 6.06. The van der Waals surface area contributed by atoms with Gasteiger partial charge in [0.15, 0.2) is 0 Å². The quantitative estimate of drug-likeness (QED) is 0.872. The van der Waals surface area contributed by atoms with E-state index in [1.54, 1.807) is 0 Å². The monoisotopic (exact) mass is 308 g/mol. The van der Waals surface area contributed by atoms with E-state index in [-0.39, 0.29) is 24.2 Å². The zero-order valence-electron chi connectivity index (χ0n) is 12.6. The van der Waals surface area contributed by atoms with Gasteiger partial charge in [0.2, 0.25) is 5.91 Å². The number of rotatable bonds is 5. The molecule has 0 spiro atoms. The summed E-state index contributed by atoms with van der Waals surface area (Å²) in [6.45, 7) is 3.84. The molecule has 0 bridgehead atoms. The van der Waals surface area contributed by atoms with Crippen LogP contribution in [-0.2, 0) is 11.3 Å². The van der Waals surface area contributed by atoms with Crippen LogP contribution in [0, 0.1) is 17.8 Å². The van der Waals surface area contributed by atoms with Crippen LogP contribution in [0.15, 0.2) is 24.3 Å². The van der Waals surface area contributed by atoms with Crippen molar-refractivity contribution < 1.29 is 4.79 Å². The van der Waals surface area contributed by atoms with E-state index in [4.69, 9.17) is 0 Å². The first kappa shape index (κ1) is 16.3. The minimum Gasteiger partial charge on any atom is -0.326 e. The van der Waals surface area contributed by atoms with Gasteiger partial charge in [0, 0.05) is 18.2 Å². The van der Waals surface area contributed by atoms with E-state index in [9.17, 15) is 4.79 Å². The highest BCUT2D eigenvalue weighted by atomic mass is 35.5. The first-order valence-electron chi connectivity index (χ1n) is 7.90. The van der Waals surface area contributed by atoms with Crippen LogP contribution in [0.1, 0.15) is 38.2 Å². The van der Waals surface area contributed by atoms with Crippen LogP contribution in [0.4, 0.5) is 5.69 Å². The summed E-state index contributed by atoms with van der Waals surface area (Å²) in [6.07, 6.45) is 5.12. The van der Waals surface area contributed by atoms with Crippen LogP contribution in [0.2, 0.25) is 0 Å². The van der Waals surface area contributed by atoms with Crippen LogP contribution in [-0.4, -0.2) is 12.5 Å². The highest BCUT2D eigenvalue weighted by molar-refractivity contribution is 5.95. The maximum absolute atomic E-state index is 12.4. The number of halogens is 1. The molecule has 1 aromatic rings. The number of hydrogen-bond acceptors (Lipinski definition) is 2. The van der Waals surface area contributed by atoms with Gasteiger partial charge in [-0.2, -0.15) is 0 Å². The number of carbonyl (C=O) groups excluding carboxylic acids is 1. The third kappa shape index (κ3) is 3.58. The fourth-order valence-electron chi connectivity index (χ4n) is 3.65. The lowest BCUT2D eigenvalue weighted by molar-refractivity contribution is -0.117. The lowest BCUT2D eigenvalue weighted by Crippen LogP contribution is -2.19. The van der Waals surface area contributed by atoms with Gasteiger partial charge in [-0.3, -0.25) is 4.79 Å². The summed E-state index contributed by atoms with van der Waals surface area (Å²) >= 11 is 0. The normalized spacial score (nSPS) is 26.4. The highest BCUT2D eigenvalue weighted by Crippen LogP contribution is 2.55. The molecule has 1 aromatic carbocycles. The van der Waals surface area contributed by atoms with Gasteiger partial charge in [0.1, 0.15) is 0 Å². The fraction of sp³-hybridized carbons (Fsp3) is 0.588. The summed E-state index contributed by atoms with van der Waals surface area (Å²) in [5.74, 6) is 1.87. The number of anilines is 1. The minimum atomic E-state index is 0. The van der Waals surface area contributed by atoms with Crippen molar-refractivity contribution in [3.63, 3.8) is 0 Å². The fourth-order valence-corrected chi connectivity index (χ4v) is 3.65. The average molecular weight is 309 g/mol. The van der Waals surface area contributed by atoms with Gasteiger partial charge >= 0.3 is 0 Å². The van der Waals surface area contributed by atoms with E-state index in [2.05, 4.69) is 23.6 Å². The highest BCUT2D eigenvalue weighted by Gasteiger charge is 2.54. The molecule has 0 heterocycles. The Morgan fingerprint density at radius 2 is 1.86 bits per heavy atom. The topological polar surface area (TPSA) is 41.1 Å². The van der Waals surface area contributed by atoms with Crippen molar-refractivity contribution in [2.24, 2.45) is 17.8 Å². The Balaban J connectivity index is 0.00000161. The molecule has 2 N–H and O–H groups in total. The van der Waals surface area contributed by atoms with Crippen molar-refractivity contribution >= 4 is 24.0 Å². The number of hydrogen-bond donors (Lipinski definition) is 2. The molecule has 4 heteroatoms. The van der Waals surface area contributed by atoms with E-state index in [0.29, 0.717) is 11.8 Å². The van der Waals surface area contributed by atoms with Gasteiger partial charge in [-0.25, -0.2) is 0 Å². The Morgan fingerprint density at radius 1 is 1.19 bits per heavy atom. The van der Waals surface area contributed by atoms with Crippen molar-refractivity contribution in [2.75, 3.05) is 11.9 Å². The zero-order valence-corrected chi connectivity index (χ0v) is 13.4. The molecule has 21 heavy (non-hydrogen) atoms. The van der Waals surface area contributed by atoms with E-state index in [1.807, 2.05) is 18.2 Å². The Hall–Kier alpha value is -1.06. The molecule has 2 aliphatic carbocycles. The SMILES string of the molecule is CCNCc1ccccc1NC(=O)C1C2CCCCC21.Cl. The number of para-hydroxylation sites is 1. The molecular weight excluding hydrogens is 284 g/mol. The molecule has 0 saturated heterocycles. The summed E-state index contributed by atoms with van der Waals surface area (Å²) in [5, 5.41) is 6.48. The molecule has 2 atom stereocenters. The lowest BCUT2D eigenvalue weighted by atomic mass is 10.0. The molecule has 2 saturated carbocycles. The third-order valence-electron chi connectivity index (χ3n) is 4.80. The summed E-state index contributed by atoms with van der Waals surface area (Å²) in [5.41, 5.74) is 2.15. The van der Waals surface area contributed by atoms with Crippen molar-refractivity contribution in [3.8, 4) is 0 Å². The van der Waals surface area contributed by atoms with E-state index in [1.165, 1.54) is 31.2 Å². The maximum atomic E-state index is 12.4. The van der Waals surface area contributed by atoms with E-state index in [0.717, 1.165) is 18.8 Å². The standard InChI is InChI=1S/C17H24N2O.ClH/c1-2-18-11-12-7-3-6-10-15(12)19-17(20)16-13-8-4-5-9-14(13)16;/h3,6-7,10,13-14,16,18H,2,4-5,8-9,11H2,1H3,(H,19,20);1H. The van der Waals surface area contributed by atoms with Crippen molar-refractivity contribution in [3.05, 3.63) is 29.8 Å². The number of nitrogens with one attached hydrogen (secondary N) is 2. The Kier molecular flexibility index (Phi) is 5.65. The van der Waals surface area contributed by atoms with Crippen molar-refractivity contribution in [2.45, 2.75) is 39.2 Å². The number of fused-ring (bicyclic) bond motifs is 1. The summed E-state index contributed by atoms with van der Waals surface area (Å²) in [6, 6.07) is 8.11. The number of amides is 1. The first-order chi connectivity index (χ1) is 9.81. The third-order valence-corrected chi connectivity index (χ3v) is 4.80. The Bertz CT molecular complexity index is 479. The van der Waals surface area contributed by atoms with Crippen LogP contribution in [0.3, 0.4) is 0 Å². The average Bonchev–Trinajstić information content (AvgIpc) is 3.21. The van der Waals surface area contributed by atoms with Crippen molar-refractivity contribution in [1.29, 1.82) is 0 Å². The molecule has 3 rings (SSSR count). The van der Waals surface area contributed by atoms with Crippen LogP contribution < -0.4 is 10.6 Å². The molecule has 0 aliphatic heterocycles. The second kappa shape index (κ2) is 7.28. The summed E-state index contributed by atoms with van der Waals surface area (Å²) in [7, 11) is 0. The predicted molar refractivity (Wildman–Crippen MR) is 88.6 cm³/mol. The van der Waals surface area contributed by atoms with Gasteiger partial charge in [-0.1, -0.05) is 38.0 Å². The largest absolute Gasteiger partial charge is 0.326 e. The number of benzene rings is 1. The Morgan fingerprint density at radius 3 is 2.52 bits per heavy atom. The van der Waals surface area contributed by atoms with Gasteiger partial charge in [0.05, 0.1) is 0 Å². The van der Waals surface area contributed by atoms with Crippen LogP contribution in [0.25, 0.3) is 0 Å². The molecule has 3 nitrogen and oxygen atoms in total. The van der Waals surface area contributed by atoms with Crippen LogP contribution in [0.5, 0.6) is 0 Å². The maximum Gasteiger partial charge on any atom is 0.228 e. The predicted octanol–water partition coefficient (Wildman–Crippen LogP) is 3.59. The second-order valence-electron chi connectivity index (χ2n) is 6.06. The van der Waals surface area contributed by atoms with Gasteiger partial charge in [0.25, 0.3) is 0 Å². The molecular formula is C17H25ClN2O. The smallest absolute Gasteiger partial charge is 0.228 e.